The van der Waals surface area contributed by atoms with Crippen molar-refractivity contribution in [2.24, 2.45) is 0 Å². The summed E-state index contributed by atoms with van der Waals surface area (Å²) in [5.41, 5.74) is 12.1. The van der Waals surface area contributed by atoms with Gasteiger partial charge in [0, 0.05) is 23.9 Å². The number of carbonyl (C=O) groups excluding carboxylic acids is 2. The van der Waals surface area contributed by atoms with E-state index in [0.717, 1.165) is 18.2 Å². The topological polar surface area (TPSA) is 123 Å². The fourth-order valence-electron chi connectivity index (χ4n) is 3.58. The van der Waals surface area contributed by atoms with Crippen molar-refractivity contribution in [3.63, 3.8) is 0 Å². The number of hydrogen-bond acceptors (Lipinski definition) is 8. The summed E-state index contributed by atoms with van der Waals surface area (Å²) in [4.78, 5) is 23.9. The minimum Gasteiger partial charge on any atom is -0.494 e. The first-order valence-corrected chi connectivity index (χ1v) is 13.0. The quantitative estimate of drug-likeness (QED) is 0.0699. The van der Waals surface area contributed by atoms with Crippen molar-refractivity contribution in [1.29, 1.82) is 0 Å². The molecule has 0 bridgehead atoms. The molecule has 0 radical (unpaired) electrons. The average Bonchev–Trinajstić information content (AvgIpc) is 2.93. The number of nitrogen functional groups attached to an aromatic ring is 2. The van der Waals surface area contributed by atoms with Gasteiger partial charge in [-0.25, -0.2) is 9.59 Å². The Morgan fingerprint density at radius 3 is 1.98 bits per heavy atom. The highest BCUT2D eigenvalue weighted by molar-refractivity contribution is 5.91. The van der Waals surface area contributed by atoms with Gasteiger partial charge in [-0.1, -0.05) is 12.1 Å². The molecular formula is C30H29F5N2O6. The Hall–Kier alpha value is -4.81. The fourth-order valence-corrected chi connectivity index (χ4v) is 3.58. The van der Waals surface area contributed by atoms with Crippen LogP contribution in [0.1, 0.15) is 40.7 Å². The van der Waals surface area contributed by atoms with Crippen LogP contribution in [0.25, 0.3) is 6.08 Å². The van der Waals surface area contributed by atoms with Gasteiger partial charge >= 0.3 is 24.2 Å². The number of nitrogens with two attached hydrogens (primary N) is 2. The number of halogens is 5. The van der Waals surface area contributed by atoms with Gasteiger partial charge < -0.3 is 30.4 Å². The predicted octanol–water partition coefficient (Wildman–Crippen LogP) is 6.50. The molecular weight excluding hydrogens is 579 g/mol. The molecule has 0 fully saturated rings. The molecule has 3 rings (SSSR count). The van der Waals surface area contributed by atoms with Crippen molar-refractivity contribution in [1.82, 2.24) is 0 Å². The van der Waals surface area contributed by atoms with Crippen LogP contribution in [0.3, 0.4) is 0 Å². The zero-order valence-electron chi connectivity index (χ0n) is 22.7. The molecule has 0 aliphatic heterocycles. The number of carbonyl (C=O) groups is 2. The Kier molecular flexibility index (Phi) is 11.3. The molecule has 4 N–H and O–H groups in total. The van der Waals surface area contributed by atoms with E-state index in [4.69, 9.17) is 30.4 Å². The molecule has 0 aromatic heterocycles. The largest absolute Gasteiger partial charge is 0.494 e. The van der Waals surface area contributed by atoms with E-state index in [-0.39, 0.29) is 49.7 Å². The summed E-state index contributed by atoms with van der Waals surface area (Å²) in [5, 5.41) is 0. The van der Waals surface area contributed by atoms with E-state index in [9.17, 15) is 31.5 Å². The third-order valence-corrected chi connectivity index (χ3v) is 5.63. The third kappa shape index (κ3) is 11.5. The maximum absolute atomic E-state index is 14.6. The zero-order valence-corrected chi connectivity index (χ0v) is 22.7. The van der Waals surface area contributed by atoms with Crippen molar-refractivity contribution in [3.8, 4) is 11.5 Å². The number of esters is 2. The molecule has 8 nitrogen and oxygen atoms in total. The minimum atomic E-state index is -4.23. The van der Waals surface area contributed by atoms with Crippen LogP contribution < -0.4 is 20.9 Å². The smallest absolute Gasteiger partial charge is 0.426 e. The summed E-state index contributed by atoms with van der Waals surface area (Å²) in [7, 11) is 0. The van der Waals surface area contributed by atoms with Crippen molar-refractivity contribution in [3.05, 3.63) is 89.5 Å². The number of rotatable bonds is 14. The van der Waals surface area contributed by atoms with Gasteiger partial charge in [-0.05, 0) is 79.1 Å². The van der Waals surface area contributed by atoms with E-state index in [1.807, 2.05) is 0 Å². The summed E-state index contributed by atoms with van der Waals surface area (Å²) in [6.45, 7) is -0.379. The van der Waals surface area contributed by atoms with Crippen molar-refractivity contribution in [2.75, 3.05) is 31.3 Å². The second-order valence-electron chi connectivity index (χ2n) is 9.16. The lowest BCUT2D eigenvalue weighted by Crippen LogP contribution is -2.21. The summed E-state index contributed by atoms with van der Waals surface area (Å²) in [6, 6.07) is 14.5. The maximum Gasteiger partial charge on any atom is 0.426 e. The predicted molar refractivity (Wildman–Crippen MR) is 148 cm³/mol. The number of ether oxygens (including phenoxy) is 4. The van der Waals surface area contributed by atoms with Gasteiger partial charge in [-0.2, -0.15) is 22.0 Å². The first-order chi connectivity index (χ1) is 20.3. The summed E-state index contributed by atoms with van der Waals surface area (Å²) in [6.07, 6.45) is -6.23. The van der Waals surface area contributed by atoms with Crippen LogP contribution in [-0.4, -0.2) is 37.9 Å². The van der Waals surface area contributed by atoms with Crippen LogP contribution in [0.5, 0.6) is 11.5 Å². The van der Waals surface area contributed by atoms with Crippen LogP contribution in [0.4, 0.5) is 33.3 Å². The van der Waals surface area contributed by atoms with Gasteiger partial charge in [-0.15, -0.1) is 0 Å². The lowest BCUT2D eigenvalue weighted by molar-refractivity contribution is -0.185. The average molecular weight is 609 g/mol. The molecule has 3 aromatic rings. The molecule has 0 heterocycles. The van der Waals surface area contributed by atoms with Gasteiger partial charge in [0.2, 0.25) is 0 Å². The lowest BCUT2D eigenvalue weighted by atomic mass is 10.2. The highest BCUT2D eigenvalue weighted by Crippen LogP contribution is 2.33. The maximum atomic E-state index is 14.6. The third-order valence-electron chi connectivity index (χ3n) is 5.63. The number of anilines is 2. The van der Waals surface area contributed by atoms with E-state index in [2.05, 4.69) is 0 Å². The SMILES string of the molecule is Nc1cc(N)cc(C(=O)OCCOC(=O)C=Cc2ccc(OC(F)(F)c3ccc(OCCCCC(F)(F)F)cc3)cc2)c1. The summed E-state index contributed by atoms with van der Waals surface area (Å²) >= 11 is 0. The normalized spacial score (nSPS) is 11.7. The van der Waals surface area contributed by atoms with E-state index < -0.39 is 36.2 Å². The minimum absolute atomic E-state index is 0.0253. The van der Waals surface area contributed by atoms with E-state index in [1.165, 1.54) is 60.7 Å². The Bertz CT molecular complexity index is 1370. The molecule has 0 amide bonds. The number of alkyl halides is 5. The van der Waals surface area contributed by atoms with Crippen LogP contribution in [0, 0.1) is 0 Å². The molecule has 0 spiro atoms. The molecule has 0 atom stereocenters. The Labute approximate surface area is 244 Å². The van der Waals surface area contributed by atoms with Crippen molar-refractivity contribution >= 4 is 29.4 Å². The second-order valence-corrected chi connectivity index (χ2v) is 9.16. The van der Waals surface area contributed by atoms with Crippen LogP contribution >= 0.6 is 0 Å². The Balaban J connectivity index is 1.40. The van der Waals surface area contributed by atoms with Gasteiger partial charge in [0.15, 0.2) is 0 Å². The monoisotopic (exact) mass is 608 g/mol. The van der Waals surface area contributed by atoms with E-state index in [0.29, 0.717) is 16.9 Å². The molecule has 0 aliphatic rings. The first-order valence-electron chi connectivity index (χ1n) is 13.0. The van der Waals surface area contributed by atoms with Gasteiger partial charge in [0.05, 0.1) is 17.7 Å². The standard InChI is InChI=1S/C30H29F5N2O6/c31-29(32,33)13-1-2-14-40-25-10-6-22(7-11-25)30(34,35)43-26-8-3-20(4-9-26)5-12-27(38)41-15-16-42-28(39)21-17-23(36)19-24(37)18-21/h3-12,17-19H,1-2,13-16,36-37H2. The van der Waals surface area contributed by atoms with Gasteiger partial charge in [0.25, 0.3) is 0 Å². The Morgan fingerprint density at radius 1 is 0.744 bits per heavy atom. The zero-order chi connectivity index (χ0) is 31.5. The van der Waals surface area contributed by atoms with Crippen molar-refractivity contribution in [2.45, 2.75) is 31.5 Å². The molecule has 230 valence electrons. The van der Waals surface area contributed by atoms with E-state index in [1.54, 1.807) is 0 Å². The first kappa shape index (κ1) is 32.7. The van der Waals surface area contributed by atoms with Crippen molar-refractivity contribution < 1.29 is 50.5 Å². The van der Waals surface area contributed by atoms with Gasteiger partial charge in [-0.3, -0.25) is 0 Å². The van der Waals surface area contributed by atoms with Crippen LogP contribution in [-0.2, 0) is 20.4 Å². The number of unbranched alkanes of at least 4 members (excludes halogenated alkanes) is 1. The second kappa shape index (κ2) is 14.9. The lowest BCUT2D eigenvalue weighted by Gasteiger charge is -2.18. The van der Waals surface area contributed by atoms with Crippen LogP contribution in [0.15, 0.2) is 72.8 Å². The molecule has 13 heteroatoms. The summed E-state index contributed by atoms with van der Waals surface area (Å²) in [5.74, 6) is -1.30. The molecule has 43 heavy (non-hydrogen) atoms. The van der Waals surface area contributed by atoms with E-state index >= 15 is 0 Å². The van der Waals surface area contributed by atoms with Gasteiger partial charge in [0.1, 0.15) is 24.7 Å². The Morgan fingerprint density at radius 2 is 1.35 bits per heavy atom. The molecule has 0 unspecified atom stereocenters. The summed E-state index contributed by atoms with van der Waals surface area (Å²) < 4.78 is 85.9. The number of benzene rings is 3. The molecule has 0 saturated carbocycles. The molecule has 0 aliphatic carbocycles. The number of hydrogen-bond donors (Lipinski definition) is 2. The fraction of sp³-hybridized carbons (Fsp3) is 0.267. The molecule has 0 saturated heterocycles. The molecule has 3 aromatic carbocycles. The highest BCUT2D eigenvalue weighted by Gasteiger charge is 2.34. The highest BCUT2D eigenvalue weighted by atomic mass is 19.4. The van der Waals surface area contributed by atoms with Crippen LogP contribution in [0.2, 0.25) is 0 Å².